The third-order valence-corrected chi connectivity index (χ3v) is 2.27. The Hall–Kier alpha value is -0.700. The third-order valence-electron chi connectivity index (χ3n) is 1.45. The summed E-state index contributed by atoms with van der Waals surface area (Å²) in [6.45, 7) is 4.00. The van der Waals surface area contributed by atoms with Gasteiger partial charge in [0, 0.05) is 7.05 Å². The maximum atomic E-state index is 5.10. The van der Waals surface area contributed by atoms with Crippen LogP contribution >= 0.6 is 15.9 Å². The number of methoxy groups -OCH3 is 1. The number of rotatable bonds is 2. The van der Waals surface area contributed by atoms with E-state index >= 15 is 0 Å². The minimum Gasteiger partial charge on any atom is -0.495 e. The van der Waals surface area contributed by atoms with Crippen molar-refractivity contribution in [3.8, 4) is 5.75 Å². The fourth-order valence-corrected chi connectivity index (χ4v) is 1.49. The summed E-state index contributed by atoms with van der Waals surface area (Å²) in [5.74, 6) is 0.844. The molecule has 0 saturated carbocycles. The van der Waals surface area contributed by atoms with E-state index < -0.39 is 0 Å². The highest BCUT2D eigenvalue weighted by Gasteiger charge is 2.02. The highest BCUT2D eigenvalue weighted by molar-refractivity contribution is 9.10. The second-order valence-corrected chi connectivity index (χ2v) is 2.86. The lowest BCUT2D eigenvalue weighted by atomic mass is 10.3. The molecule has 1 aromatic carbocycles. The number of hydrogen-bond acceptors (Lipinski definition) is 2. The fourth-order valence-electron chi connectivity index (χ4n) is 0.862. The molecule has 0 heterocycles. The number of ether oxygens (including phenoxy) is 1. The van der Waals surface area contributed by atoms with E-state index in [0.29, 0.717) is 0 Å². The lowest BCUT2D eigenvalue weighted by Gasteiger charge is -2.07. The van der Waals surface area contributed by atoms with Gasteiger partial charge in [0.25, 0.3) is 0 Å². The highest BCUT2D eigenvalue weighted by Crippen LogP contribution is 2.31. The van der Waals surface area contributed by atoms with Gasteiger partial charge in [-0.15, -0.1) is 0 Å². The summed E-state index contributed by atoms with van der Waals surface area (Å²) in [6.07, 6.45) is 0. The van der Waals surface area contributed by atoms with Gasteiger partial charge in [0.2, 0.25) is 0 Å². The monoisotopic (exact) mass is 245 g/mol. The second kappa shape index (κ2) is 6.78. The van der Waals surface area contributed by atoms with Crippen LogP contribution in [0.2, 0.25) is 0 Å². The van der Waals surface area contributed by atoms with Crippen LogP contribution in [-0.4, -0.2) is 14.2 Å². The molecule has 0 spiro atoms. The van der Waals surface area contributed by atoms with E-state index in [2.05, 4.69) is 21.2 Å². The van der Waals surface area contributed by atoms with Gasteiger partial charge in [0.15, 0.2) is 0 Å². The summed E-state index contributed by atoms with van der Waals surface area (Å²) in [4.78, 5) is 0. The molecule has 1 aromatic rings. The third kappa shape index (κ3) is 3.27. The summed E-state index contributed by atoms with van der Waals surface area (Å²) < 4.78 is 6.06. The molecule has 0 amide bonds. The number of halogens is 1. The molecular weight excluding hydrogens is 230 g/mol. The van der Waals surface area contributed by atoms with E-state index in [1.165, 1.54) is 0 Å². The topological polar surface area (TPSA) is 21.3 Å². The molecule has 0 unspecified atom stereocenters. The molecule has 0 radical (unpaired) electrons. The van der Waals surface area contributed by atoms with Gasteiger partial charge in [-0.2, -0.15) is 0 Å². The molecule has 0 bridgehead atoms. The van der Waals surface area contributed by atoms with E-state index in [4.69, 9.17) is 4.74 Å². The van der Waals surface area contributed by atoms with E-state index in [1.807, 2.05) is 39.1 Å². The number of anilines is 1. The lowest BCUT2D eigenvalue weighted by molar-refractivity contribution is 0.412. The van der Waals surface area contributed by atoms with Crippen molar-refractivity contribution < 1.29 is 4.74 Å². The number of nitrogens with one attached hydrogen (secondary N) is 1. The van der Waals surface area contributed by atoms with Crippen LogP contribution in [0.15, 0.2) is 22.7 Å². The Morgan fingerprint density at radius 3 is 2.38 bits per heavy atom. The normalized spacial score (nSPS) is 8.38. The Bertz CT molecular complexity index is 228. The summed E-state index contributed by atoms with van der Waals surface area (Å²) in [5.41, 5.74) is 1.03. The van der Waals surface area contributed by atoms with Crippen molar-refractivity contribution in [3.63, 3.8) is 0 Å². The Morgan fingerprint density at radius 2 is 1.92 bits per heavy atom. The summed E-state index contributed by atoms with van der Waals surface area (Å²) in [7, 11) is 3.53. The molecule has 74 valence electrons. The molecule has 3 heteroatoms. The van der Waals surface area contributed by atoms with Crippen LogP contribution in [0.1, 0.15) is 13.8 Å². The summed E-state index contributed by atoms with van der Waals surface area (Å²) in [6, 6.07) is 5.83. The van der Waals surface area contributed by atoms with Crippen LogP contribution in [-0.2, 0) is 0 Å². The fraction of sp³-hybridized carbons (Fsp3) is 0.400. The van der Waals surface area contributed by atoms with Crippen molar-refractivity contribution >= 4 is 21.6 Å². The Kier molecular flexibility index (Phi) is 6.41. The van der Waals surface area contributed by atoms with Gasteiger partial charge in [-0.25, -0.2) is 0 Å². The minimum atomic E-state index is 0.844. The smallest absolute Gasteiger partial charge is 0.135 e. The molecule has 0 aliphatic heterocycles. The first-order valence-corrected chi connectivity index (χ1v) is 5.09. The molecule has 0 aliphatic carbocycles. The Labute approximate surface area is 88.4 Å². The van der Waals surface area contributed by atoms with Crippen LogP contribution in [0, 0.1) is 0 Å². The molecule has 1 N–H and O–H groups in total. The molecular formula is C10H16BrNO. The second-order valence-electron chi connectivity index (χ2n) is 2.07. The first-order chi connectivity index (χ1) is 6.29. The maximum absolute atomic E-state index is 5.10. The van der Waals surface area contributed by atoms with Crippen LogP contribution in [0.4, 0.5) is 5.69 Å². The predicted octanol–water partition coefficient (Wildman–Crippen LogP) is 3.53. The highest BCUT2D eigenvalue weighted by atomic mass is 79.9. The quantitative estimate of drug-likeness (QED) is 0.861. The van der Waals surface area contributed by atoms with Crippen molar-refractivity contribution in [2.75, 3.05) is 19.5 Å². The van der Waals surface area contributed by atoms with Crippen LogP contribution in [0.5, 0.6) is 5.75 Å². The van der Waals surface area contributed by atoms with Gasteiger partial charge in [-0.1, -0.05) is 19.9 Å². The average molecular weight is 246 g/mol. The predicted molar refractivity (Wildman–Crippen MR) is 61.6 cm³/mol. The first kappa shape index (κ1) is 12.3. The van der Waals surface area contributed by atoms with E-state index in [9.17, 15) is 0 Å². The van der Waals surface area contributed by atoms with Crippen LogP contribution in [0.25, 0.3) is 0 Å². The zero-order valence-corrected chi connectivity index (χ0v) is 10.1. The zero-order chi connectivity index (χ0) is 10.3. The van der Waals surface area contributed by atoms with Gasteiger partial charge in [-0.3, -0.25) is 0 Å². The van der Waals surface area contributed by atoms with E-state index in [1.54, 1.807) is 7.11 Å². The lowest BCUT2D eigenvalue weighted by Crippen LogP contribution is -1.91. The molecule has 1 rings (SSSR count). The van der Waals surface area contributed by atoms with Crippen molar-refractivity contribution in [3.05, 3.63) is 22.7 Å². The van der Waals surface area contributed by atoms with Gasteiger partial charge < -0.3 is 10.1 Å². The van der Waals surface area contributed by atoms with Gasteiger partial charge in [0.1, 0.15) is 5.75 Å². The minimum absolute atomic E-state index is 0.844. The van der Waals surface area contributed by atoms with Gasteiger partial charge in [0.05, 0.1) is 17.3 Å². The van der Waals surface area contributed by atoms with Crippen molar-refractivity contribution in [2.24, 2.45) is 0 Å². The SMILES string of the molecule is CC.CNc1cccc(OC)c1Br. The average Bonchev–Trinajstić information content (AvgIpc) is 2.21. The first-order valence-electron chi connectivity index (χ1n) is 4.30. The maximum Gasteiger partial charge on any atom is 0.135 e. The molecule has 0 atom stereocenters. The molecule has 0 fully saturated rings. The van der Waals surface area contributed by atoms with Crippen molar-refractivity contribution in [2.45, 2.75) is 13.8 Å². The molecule has 2 nitrogen and oxygen atoms in total. The summed E-state index contributed by atoms with van der Waals surface area (Å²) >= 11 is 3.41. The Balaban J connectivity index is 0.000000671. The number of benzene rings is 1. The molecule has 13 heavy (non-hydrogen) atoms. The summed E-state index contributed by atoms with van der Waals surface area (Å²) in [5, 5.41) is 3.04. The van der Waals surface area contributed by atoms with Crippen molar-refractivity contribution in [1.82, 2.24) is 0 Å². The van der Waals surface area contributed by atoms with Gasteiger partial charge in [-0.05, 0) is 28.1 Å². The van der Waals surface area contributed by atoms with E-state index in [-0.39, 0.29) is 0 Å². The van der Waals surface area contributed by atoms with Crippen molar-refractivity contribution in [1.29, 1.82) is 0 Å². The zero-order valence-electron chi connectivity index (χ0n) is 8.52. The largest absolute Gasteiger partial charge is 0.495 e. The Morgan fingerprint density at radius 1 is 1.31 bits per heavy atom. The van der Waals surface area contributed by atoms with E-state index in [0.717, 1.165) is 15.9 Å². The molecule has 0 aromatic heterocycles. The number of hydrogen-bond donors (Lipinski definition) is 1. The molecule has 0 saturated heterocycles. The standard InChI is InChI=1S/C8H10BrNO.C2H6/c1-10-6-4-3-5-7(11-2)8(6)9;1-2/h3-5,10H,1-2H3;1-2H3. The van der Waals surface area contributed by atoms with Crippen LogP contribution < -0.4 is 10.1 Å². The van der Waals surface area contributed by atoms with Gasteiger partial charge >= 0.3 is 0 Å². The van der Waals surface area contributed by atoms with Crippen LogP contribution in [0.3, 0.4) is 0 Å². The molecule has 0 aliphatic rings.